The highest BCUT2D eigenvalue weighted by atomic mass is 35.5. The highest BCUT2D eigenvalue weighted by Gasteiger charge is 2.20. The smallest absolute Gasteiger partial charge is 0.356 e. The minimum absolute atomic E-state index is 0. The van der Waals surface area contributed by atoms with Gasteiger partial charge in [0.15, 0.2) is 5.69 Å². The molecule has 3 N–H and O–H groups in total. The third-order valence-corrected chi connectivity index (χ3v) is 5.54. The summed E-state index contributed by atoms with van der Waals surface area (Å²) >= 11 is 6.01. The van der Waals surface area contributed by atoms with Gasteiger partial charge in [-0.2, -0.15) is 0 Å². The number of carboxylic acid groups (broad SMARTS) is 1. The molecule has 2 atom stereocenters. The molecule has 7 nitrogen and oxygen atoms in total. The number of rotatable bonds is 7. The van der Waals surface area contributed by atoms with Crippen molar-refractivity contribution in [3.8, 4) is 11.6 Å². The van der Waals surface area contributed by atoms with Gasteiger partial charge in [0.05, 0.1) is 18.5 Å². The van der Waals surface area contributed by atoms with E-state index < -0.39 is 12.1 Å². The molecule has 0 aliphatic heterocycles. The Hall–Kier alpha value is -2.71. The molecule has 32 heavy (non-hydrogen) atoms. The number of aryl methyl sites for hydroxylation is 1. The zero-order valence-electron chi connectivity index (χ0n) is 17.1. The van der Waals surface area contributed by atoms with E-state index in [1.807, 2.05) is 30.3 Å². The molecule has 0 unspecified atom stereocenters. The van der Waals surface area contributed by atoms with Crippen LogP contribution < -0.4 is 10.1 Å². The predicted molar refractivity (Wildman–Crippen MR) is 123 cm³/mol. The number of ether oxygens (including phenoxy) is 1. The molecule has 9 heteroatoms. The SMILES string of the molecule is Cl.O=C(O)c1cnc(Oc2ccc3c(c2)C[C@@H](NC[C@H](O)c2cccc(Cl)c2)CC3)cn1. The van der Waals surface area contributed by atoms with E-state index in [1.54, 1.807) is 12.1 Å². The fourth-order valence-electron chi connectivity index (χ4n) is 3.68. The Morgan fingerprint density at radius 1 is 1.19 bits per heavy atom. The van der Waals surface area contributed by atoms with Gasteiger partial charge in [-0.1, -0.05) is 29.8 Å². The molecular weight excluding hydrogens is 453 g/mol. The Labute approximate surface area is 196 Å². The molecule has 2 aromatic carbocycles. The largest absolute Gasteiger partial charge is 0.476 e. The first-order valence-corrected chi connectivity index (χ1v) is 10.4. The maximum Gasteiger partial charge on any atom is 0.356 e. The second kappa shape index (κ2) is 10.7. The molecule has 3 aromatic rings. The van der Waals surface area contributed by atoms with Gasteiger partial charge in [0, 0.05) is 17.6 Å². The van der Waals surface area contributed by atoms with Crippen molar-refractivity contribution in [2.45, 2.75) is 31.4 Å². The number of hydrogen-bond donors (Lipinski definition) is 3. The van der Waals surface area contributed by atoms with Gasteiger partial charge in [-0.15, -0.1) is 12.4 Å². The molecule has 0 fully saturated rings. The van der Waals surface area contributed by atoms with Crippen molar-refractivity contribution in [2.24, 2.45) is 0 Å². The monoisotopic (exact) mass is 475 g/mol. The van der Waals surface area contributed by atoms with Crippen LogP contribution in [0.3, 0.4) is 0 Å². The van der Waals surface area contributed by atoms with Crippen LogP contribution in [0.1, 0.15) is 39.7 Å². The lowest BCUT2D eigenvalue weighted by atomic mass is 9.88. The minimum atomic E-state index is -1.13. The molecule has 4 rings (SSSR count). The van der Waals surface area contributed by atoms with Crippen LogP contribution >= 0.6 is 24.0 Å². The lowest BCUT2D eigenvalue weighted by molar-refractivity contribution is 0.0690. The minimum Gasteiger partial charge on any atom is -0.476 e. The Balaban J connectivity index is 0.00000289. The van der Waals surface area contributed by atoms with Crippen molar-refractivity contribution in [1.82, 2.24) is 15.3 Å². The van der Waals surface area contributed by atoms with Crippen LogP contribution in [0.2, 0.25) is 5.02 Å². The number of nitrogens with zero attached hydrogens (tertiary/aromatic N) is 2. The molecule has 1 heterocycles. The van der Waals surface area contributed by atoms with Crippen LogP contribution in [-0.2, 0) is 12.8 Å². The molecule has 0 spiro atoms. The summed E-state index contributed by atoms with van der Waals surface area (Å²) in [7, 11) is 0. The predicted octanol–water partition coefficient (Wildman–Crippen LogP) is 4.22. The van der Waals surface area contributed by atoms with Crippen LogP contribution in [-0.4, -0.2) is 38.7 Å². The lowest BCUT2D eigenvalue weighted by Gasteiger charge is -2.27. The van der Waals surface area contributed by atoms with Crippen molar-refractivity contribution in [2.75, 3.05) is 6.54 Å². The number of aliphatic hydroxyl groups is 1. The standard InChI is InChI=1S/C23H22ClN3O4.ClH/c24-17-3-1-2-15(8-17)21(28)12-25-18-6-4-14-5-7-19(10-16(14)9-18)31-22-13-26-20(11-27-22)23(29)30;/h1-3,5,7-8,10-11,13,18,21,25,28H,4,6,9,12H2,(H,29,30);1H/t18-,21-;/m0./s1. The lowest BCUT2D eigenvalue weighted by Crippen LogP contribution is -2.37. The van der Waals surface area contributed by atoms with E-state index in [1.165, 1.54) is 23.5 Å². The number of fused-ring (bicyclic) bond motifs is 1. The molecule has 1 aromatic heterocycles. The van der Waals surface area contributed by atoms with E-state index in [4.69, 9.17) is 21.4 Å². The summed E-state index contributed by atoms with van der Waals surface area (Å²) in [5.41, 5.74) is 3.11. The number of aliphatic hydroxyl groups excluding tert-OH is 1. The summed E-state index contributed by atoms with van der Waals surface area (Å²) in [6, 6.07) is 13.4. The summed E-state index contributed by atoms with van der Waals surface area (Å²) in [6.45, 7) is 0.446. The third-order valence-electron chi connectivity index (χ3n) is 5.31. The second-order valence-electron chi connectivity index (χ2n) is 7.50. The number of carbonyl (C=O) groups is 1. The summed E-state index contributed by atoms with van der Waals surface area (Å²) in [5.74, 6) is -0.275. The quantitative estimate of drug-likeness (QED) is 0.469. The number of carboxylic acids is 1. The van der Waals surface area contributed by atoms with Crippen LogP contribution in [0.25, 0.3) is 0 Å². The van der Waals surface area contributed by atoms with E-state index in [9.17, 15) is 9.90 Å². The first-order valence-electron chi connectivity index (χ1n) is 10.00. The molecular formula is C23H23Cl2N3O4. The number of benzene rings is 2. The van der Waals surface area contributed by atoms with Crippen molar-refractivity contribution >= 4 is 30.0 Å². The third kappa shape index (κ3) is 5.95. The van der Waals surface area contributed by atoms with E-state index in [0.717, 1.165) is 24.8 Å². The number of aromatic carboxylic acids is 1. The molecule has 0 amide bonds. The first-order chi connectivity index (χ1) is 15.0. The molecule has 168 valence electrons. The van der Waals surface area contributed by atoms with Crippen LogP contribution in [0.5, 0.6) is 11.6 Å². The van der Waals surface area contributed by atoms with Gasteiger partial charge in [0.1, 0.15) is 5.75 Å². The highest BCUT2D eigenvalue weighted by Crippen LogP contribution is 2.28. The van der Waals surface area contributed by atoms with E-state index in [-0.39, 0.29) is 30.0 Å². The number of aromatic nitrogens is 2. The zero-order chi connectivity index (χ0) is 21.8. The first kappa shape index (κ1) is 23.9. The molecule has 0 radical (unpaired) electrons. The van der Waals surface area contributed by atoms with Crippen molar-refractivity contribution < 1.29 is 19.7 Å². The van der Waals surface area contributed by atoms with Crippen LogP contribution in [0, 0.1) is 0 Å². The van der Waals surface area contributed by atoms with E-state index >= 15 is 0 Å². The van der Waals surface area contributed by atoms with Gasteiger partial charge in [-0.05, 0) is 60.2 Å². The van der Waals surface area contributed by atoms with Crippen LogP contribution in [0.15, 0.2) is 54.9 Å². The Morgan fingerprint density at radius 2 is 2.03 bits per heavy atom. The average molecular weight is 476 g/mol. The van der Waals surface area contributed by atoms with Gasteiger partial charge < -0.3 is 20.3 Å². The van der Waals surface area contributed by atoms with E-state index in [2.05, 4.69) is 15.3 Å². The summed E-state index contributed by atoms with van der Waals surface area (Å²) in [4.78, 5) is 18.7. The number of hydrogen-bond acceptors (Lipinski definition) is 6. The Kier molecular flexibility index (Phi) is 8.04. The van der Waals surface area contributed by atoms with Gasteiger partial charge in [-0.25, -0.2) is 14.8 Å². The molecule has 0 saturated heterocycles. The zero-order valence-corrected chi connectivity index (χ0v) is 18.6. The number of nitrogens with one attached hydrogen (secondary N) is 1. The summed E-state index contributed by atoms with van der Waals surface area (Å²) in [5, 5.41) is 23.4. The normalized spacial score (nSPS) is 15.9. The van der Waals surface area contributed by atoms with Gasteiger partial charge in [0.25, 0.3) is 0 Å². The molecule has 0 bridgehead atoms. The van der Waals surface area contributed by atoms with Crippen molar-refractivity contribution in [3.05, 3.63) is 82.3 Å². The van der Waals surface area contributed by atoms with Crippen molar-refractivity contribution in [3.63, 3.8) is 0 Å². The van der Waals surface area contributed by atoms with Crippen LogP contribution in [0.4, 0.5) is 0 Å². The molecule has 1 aliphatic rings. The van der Waals surface area contributed by atoms with E-state index in [0.29, 0.717) is 17.3 Å². The maximum absolute atomic E-state index is 10.9. The van der Waals surface area contributed by atoms with Gasteiger partial charge in [-0.3, -0.25) is 0 Å². The fourth-order valence-corrected chi connectivity index (χ4v) is 3.88. The topological polar surface area (TPSA) is 105 Å². The van der Waals surface area contributed by atoms with Gasteiger partial charge >= 0.3 is 5.97 Å². The summed E-state index contributed by atoms with van der Waals surface area (Å²) in [6.07, 6.45) is 4.58. The Bertz CT molecular complexity index is 1080. The highest BCUT2D eigenvalue weighted by molar-refractivity contribution is 6.30. The fraction of sp³-hybridized carbons (Fsp3) is 0.261. The Morgan fingerprint density at radius 3 is 2.75 bits per heavy atom. The van der Waals surface area contributed by atoms with Gasteiger partial charge in [0.2, 0.25) is 5.88 Å². The average Bonchev–Trinajstić information content (AvgIpc) is 2.77. The second-order valence-corrected chi connectivity index (χ2v) is 7.93. The molecule has 0 saturated carbocycles. The number of halogens is 2. The molecule has 1 aliphatic carbocycles. The summed E-state index contributed by atoms with van der Waals surface area (Å²) < 4.78 is 5.74. The van der Waals surface area contributed by atoms with Crippen molar-refractivity contribution in [1.29, 1.82) is 0 Å². The maximum atomic E-state index is 10.9.